The summed E-state index contributed by atoms with van der Waals surface area (Å²) >= 11 is 1.66. The normalized spacial score (nSPS) is 17.6. The number of benzene rings is 3. The Morgan fingerprint density at radius 1 is 1.03 bits per heavy atom. The molecule has 0 atom stereocenters. The highest BCUT2D eigenvalue weighted by Crippen LogP contribution is 2.33. The Morgan fingerprint density at radius 3 is 2.38 bits per heavy atom. The van der Waals surface area contributed by atoms with Gasteiger partial charge < -0.3 is 9.47 Å². The van der Waals surface area contributed by atoms with Crippen LogP contribution < -0.4 is 4.74 Å². The van der Waals surface area contributed by atoms with E-state index in [4.69, 9.17) is 9.47 Å². The van der Waals surface area contributed by atoms with E-state index in [0.29, 0.717) is 44.4 Å². The summed E-state index contributed by atoms with van der Waals surface area (Å²) in [5.74, 6) is -1.62. The van der Waals surface area contributed by atoms with Gasteiger partial charge in [-0.05, 0) is 71.9 Å². The summed E-state index contributed by atoms with van der Waals surface area (Å²) in [5.41, 5.74) is 3.58. The molecule has 0 bridgehead atoms. The number of imidazole rings is 1. The summed E-state index contributed by atoms with van der Waals surface area (Å²) in [6, 6.07) is 19.7. The zero-order valence-corrected chi connectivity index (χ0v) is 22.6. The molecule has 1 aliphatic carbocycles. The Hall–Kier alpha value is -3.01. The fourth-order valence-electron chi connectivity index (χ4n) is 4.83. The molecule has 0 spiro atoms. The average molecular weight is 616 g/mol. The standard InChI is InChI=1S/C29H27F2IN2O3/c1-2-36-28(35)21-12-14-22(15-13-21)37-29-33-27-24(16-23(30)26(32)25(27)31)34(29)17-18-8-10-20(11-9-18)19-6-4-3-5-7-19/h3-11,16,21-22H,2,12-15,17H2,1H3. The highest BCUT2D eigenvalue weighted by Gasteiger charge is 2.30. The molecule has 0 aliphatic heterocycles. The zero-order chi connectivity index (χ0) is 25.9. The number of fused-ring (bicyclic) bond motifs is 1. The Kier molecular flexibility index (Phi) is 7.73. The van der Waals surface area contributed by atoms with E-state index in [2.05, 4.69) is 4.98 Å². The lowest BCUT2D eigenvalue weighted by atomic mass is 9.87. The predicted octanol–water partition coefficient (Wildman–Crippen LogP) is 7.14. The van der Waals surface area contributed by atoms with Crippen molar-refractivity contribution in [3.63, 3.8) is 0 Å². The third-order valence-corrected chi connectivity index (χ3v) is 7.80. The lowest BCUT2D eigenvalue weighted by Crippen LogP contribution is -2.29. The zero-order valence-electron chi connectivity index (χ0n) is 20.4. The van der Waals surface area contributed by atoms with Gasteiger partial charge in [0.15, 0.2) is 5.82 Å². The first-order chi connectivity index (χ1) is 17.9. The van der Waals surface area contributed by atoms with E-state index in [9.17, 15) is 13.6 Å². The first kappa shape index (κ1) is 25.6. The van der Waals surface area contributed by atoms with Crippen molar-refractivity contribution in [3.05, 3.63) is 81.4 Å². The van der Waals surface area contributed by atoms with Gasteiger partial charge in [0.2, 0.25) is 0 Å². The van der Waals surface area contributed by atoms with E-state index in [0.717, 1.165) is 16.7 Å². The Balaban J connectivity index is 1.42. The van der Waals surface area contributed by atoms with Crippen LogP contribution in [-0.2, 0) is 16.1 Å². The number of rotatable bonds is 7. The molecule has 5 rings (SSSR count). The highest BCUT2D eigenvalue weighted by atomic mass is 127. The largest absolute Gasteiger partial charge is 0.466 e. The van der Waals surface area contributed by atoms with Gasteiger partial charge in [0, 0.05) is 6.07 Å². The van der Waals surface area contributed by atoms with E-state index >= 15 is 0 Å². The highest BCUT2D eigenvalue weighted by molar-refractivity contribution is 14.1. The minimum Gasteiger partial charge on any atom is -0.466 e. The number of carbonyl (C=O) groups is 1. The summed E-state index contributed by atoms with van der Waals surface area (Å²) < 4.78 is 42.6. The monoisotopic (exact) mass is 616 g/mol. The topological polar surface area (TPSA) is 53.4 Å². The van der Waals surface area contributed by atoms with Gasteiger partial charge in [-0.15, -0.1) is 0 Å². The van der Waals surface area contributed by atoms with Gasteiger partial charge in [0.25, 0.3) is 6.01 Å². The molecule has 8 heteroatoms. The van der Waals surface area contributed by atoms with Gasteiger partial charge >= 0.3 is 5.97 Å². The van der Waals surface area contributed by atoms with Gasteiger partial charge in [-0.25, -0.2) is 8.78 Å². The molecule has 1 aliphatic rings. The molecule has 0 amide bonds. The molecular formula is C29H27F2IN2O3. The van der Waals surface area contributed by atoms with Crippen molar-refractivity contribution in [3.8, 4) is 17.1 Å². The molecule has 0 saturated heterocycles. The van der Waals surface area contributed by atoms with Crippen LogP contribution in [0.4, 0.5) is 8.78 Å². The van der Waals surface area contributed by atoms with Crippen molar-refractivity contribution in [1.82, 2.24) is 9.55 Å². The number of esters is 1. The Bertz CT molecular complexity index is 1400. The molecule has 1 saturated carbocycles. The lowest BCUT2D eigenvalue weighted by Gasteiger charge is -2.27. The average Bonchev–Trinajstić information content (AvgIpc) is 3.25. The Morgan fingerprint density at radius 2 is 1.70 bits per heavy atom. The lowest BCUT2D eigenvalue weighted by molar-refractivity contribution is -0.149. The quantitative estimate of drug-likeness (QED) is 0.126. The van der Waals surface area contributed by atoms with Gasteiger partial charge in [-0.3, -0.25) is 9.36 Å². The molecule has 4 aromatic rings. The predicted molar refractivity (Wildman–Crippen MR) is 146 cm³/mol. The molecule has 1 aromatic heterocycles. The third-order valence-electron chi connectivity index (χ3n) is 6.81. The molecular weight excluding hydrogens is 589 g/mol. The smallest absolute Gasteiger partial charge is 0.308 e. The third kappa shape index (κ3) is 5.49. The van der Waals surface area contributed by atoms with Crippen LogP contribution in [0.15, 0.2) is 60.7 Å². The van der Waals surface area contributed by atoms with Crippen LogP contribution in [0.2, 0.25) is 0 Å². The van der Waals surface area contributed by atoms with Crippen LogP contribution in [0.3, 0.4) is 0 Å². The van der Waals surface area contributed by atoms with Crippen molar-refractivity contribution >= 4 is 39.6 Å². The van der Waals surface area contributed by atoms with Crippen molar-refractivity contribution in [2.45, 2.75) is 45.3 Å². The first-order valence-corrected chi connectivity index (χ1v) is 13.5. The molecule has 1 heterocycles. The van der Waals surface area contributed by atoms with Gasteiger partial charge in [-0.2, -0.15) is 4.98 Å². The maximum Gasteiger partial charge on any atom is 0.308 e. The van der Waals surface area contributed by atoms with E-state index in [1.165, 1.54) is 6.07 Å². The minimum absolute atomic E-state index is 0.0851. The molecule has 192 valence electrons. The van der Waals surface area contributed by atoms with E-state index < -0.39 is 11.6 Å². The van der Waals surface area contributed by atoms with Crippen LogP contribution in [0.1, 0.15) is 38.2 Å². The van der Waals surface area contributed by atoms with Crippen LogP contribution in [0.25, 0.3) is 22.2 Å². The second-order valence-corrected chi connectivity index (χ2v) is 10.3. The minimum atomic E-state index is -0.690. The SMILES string of the molecule is CCOC(=O)C1CCC(Oc2nc3c(F)c(I)c(F)cc3n2Cc2ccc(-c3ccccc3)cc2)CC1. The van der Waals surface area contributed by atoms with Crippen LogP contribution in [-0.4, -0.2) is 28.2 Å². The van der Waals surface area contributed by atoms with Crippen molar-refractivity contribution in [2.75, 3.05) is 6.61 Å². The molecule has 1 fully saturated rings. The number of hydrogen-bond acceptors (Lipinski definition) is 4. The van der Waals surface area contributed by atoms with E-state index in [1.807, 2.05) is 54.6 Å². The second-order valence-electron chi connectivity index (χ2n) is 9.24. The van der Waals surface area contributed by atoms with Gasteiger partial charge in [-0.1, -0.05) is 54.6 Å². The Labute approximate surface area is 227 Å². The fourth-order valence-corrected chi connectivity index (χ4v) is 5.24. The molecule has 37 heavy (non-hydrogen) atoms. The first-order valence-electron chi connectivity index (χ1n) is 12.5. The second kappa shape index (κ2) is 11.2. The molecule has 5 nitrogen and oxygen atoms in total. The molecule has 0 N–H and O–H groups in total. The summed E-state index contributed by atoms with van der Waals surface area (Å²) in [7, 11) is 0. The summed E-state index contributed by atoms with van der Waals surface area (Å²) in [6.45, 7) is 2.51. The summed E-state index contributed by atoms with van der Waals surface area (Å²) in [6.07, 6.45) is 2.46. The maximum atomic E-state index is 15.0. The summed E-state index contributed by atoms with van der Waals surface area (Å²) in [5, 5.41) is 0. The van der Waals surface area contributed by atoms with E-state index in [1.54, 1.807) is 34.1 Å². The van der Waals surface area contributed by atoms with Crippen LogP contribution in [0, 0.1) is 21.1 Å². The van der Waals surface area contributed by atoms with Crippen molar-refractivity contribution in [1.29, 1.82) is 0 Å². The number of ether oxygens (including phenoxy) is 2. The van der Waals surface area contributed by atoms with E-state index in [-0.39, 0.29) is 33.1 Å². The van der Waals surface area contributed by atoms with Crippen molar-refractivity contribution < 1.29 is 23.0 Å². The van der Waals surface area contributed by atoms with Crippen LogP contribution in [0.5, 0.6) is 6.01 Å². The summed E-state index contributed by atoms with van der Waals surface area (Å²) in [4.78, 5) is 16.6. The number of aromatic nitrogens is 2. The molecule has 0 radical (unpaired) electrons. The van der Waals surface area contributed by atoms with Gasteiger partial charge in [0.05, 0.1) is 28.2 Å². The number of hydrogen-bond donors (Lipinski definition) is 0. The van der Waals surface area contributed by atoms with Crippen molar-refractivity contribution in [2.24, 2.45) is 5.92 Å². The maximum absolute atomic E-state index is 15.0. The fraction of sp³-hybridized carbons (Fsp3) is 0.310. The molecule has 0 unspecified atom stereocenters. The van der Waals surface area contributed by atoms with Crippen LogP contribution >= 0.6 is 22.6 Å². The molecule has 3 aromatic carbocycles. The number of halogens is 3. The number of nitrogens with zero attached hydrogens (tertiary/aromatic N) is 2. The van der Waals surface area contributed by atoms with Gasteiger partial charge in [0.1, 0.15) is 17.4 Å². The number of carbonyl (C=O) groups excluding carboxylic acids is 1.